The Morgan fingerprint density at radius 3 is 3.07 bits per heavy atom. The van der Waals surface area contributed by atoms with Gasteiger partial charge in [0.1, 0.15) is 0 Å². The molecule has 0 radical (unpaired) electrons. The van der Waals surface area contributed by atoms with E-state index in [1.807, 2.05) is 24.3 Å². The van der Waals surface area contributed by atoms with E-state index in [9.17, 15) is 0 Å². The monoisotopic (exact) mass is 216 g/mol. The van der Waals surface area contributed by atoms with Gasteiger partial charge in [-0.15, -0.1) is 6.42 Å². The molecule has 1 aromatic heterocycles. The minimum absolute atomic E-state index is 0.479. The average Bonchev–Trinajstić information content (AvgIpc) is 2.29. The number of rotatable bonds is 2. The lowest BCUT2D eigenvalue weighted by molar-refractivity contribution is 1.35. The Labute approximate surface area is 93.3 Å². The first-order valence-electron chi connectivity index (χ1n) is 4.53. The van der Waals surface area contributed by atoms with Crippen LogP contribution in [0.25, 0.3) is 10.9 Å². The number of aromatic nitrogens is 1. The van der Waals surface area contributed by atoms with E-state index < -0.39 is 0 Å². The molecule has 0 unspecified atom stereocenters. The zero-order valence-electron chi connectivity index (χ0n) is 8.00. The summed E-state index contributed by atoms with van der Waals surface area (Å²) in [5.41, 5.74) is 1.76. The Balaban J connectivity index is 2.57. The number of hydrogen-bond donors (Lipinski definition) is 1. The van der Waals surface area contributed by atoms with Gasteiger partial charge in [0.25, 0.3) is 0 Å². The fourth-order valence-corrected chi connectivity index (χ4v) is 1.64. The van der Waals surface area contributed by atoms with Crippen molar-refractivity contribution in [3.63, 3.8) is 0 Å². The van der Waals surface area contributed by atoms with Crippen molar-refractivity contribution >= 4 is 28.2 Å². The molecule has 0 aliphatic heterocycles. The summed E-state index contributed by atoms with van der Waals surface area (Å²) in [6.45, 7) is 0.479. The van der Waals surface area contributed by atoms with Gasteiger partial charge in [0, 0.05) is 11.6 Å². The van der Waals surface area contributed by atoms with Crippen LogP contribution in [0.3, 0.4) is 0 Å². The SMILES string of the molecule is C#CCNc1ccc(Cl)c2cccnc12. The van der Waals surface area contributed by atoms with Crippen LogP contribution in [0.5, 0.6) is 0 Å². The Kier molecular flexibility index (Phi) is 2.75. The van der Waals surface area contributed by atoms with Gasteiger partial charge in [-0.2, -0.15) is 0 Å². The van der Waals surface area contributed by atoms with Crippen LogP contribution in [0, 0.1) is 12.3 Å². The summed E-state index contributed by atoms with van der Waals surface area (Å²) >= 11 is 6.05. The number of nitrogens with zero attached hydrogens (tertiary/aromatic N) is 1. The summed E-state index contributed by atoms with van der Waals surface area (Å²) in [6, 6.07) is 7.52. The van der Waals surface area contributed by atoms with Gasteiger partial charge in [0.05, 0.1) is 22.8 Å². The molecule has 0 saturated carbocycles. The molecule has 2 nitrogen and oxygen atoms in total. The van der Waals surface area contributed by atoms with Gasteiger partial charge in [0.2, 0.25) is 0 Å². The van der Waals surface area contributed by atoms with E-state index >= 15 is 0 Å². The van der Waals surface area contributed by atoms with Crippen LogP contribution in [-0.4, -0.2) is 11.5 Å². The van der Waals surface area contributed by atoms with Crippen molar-refractivity contribution in [3.05, 3.63) is 35.5 Å². The summed E-state index contributed by atoms with van der Waals surface area (Å²) in [7, 11) is 0. The standard InChI is InChI=1S/C12H9ClN2/c1-2-7-14-11-6-5-10(13)9-4-3-8-15-12(9)11/h1,3-6,8,14H,7H2. The summed E-state index contributed by atoms with van der Waals surface area (Å²) in [5.74, 6) is 2.52. The first-order valence-corrected chi connectivity index (χ1v) is 4.91. The number of anilines is 1. The van der Waals surface area contributed by atoms with Crippen LogP contribution in [0.2, 0.25) is 5.02 Å². The fourth-order valence-electron chi connectivity index (χ4n) is 1.43. The van der Waals surface area contributed by atoms with Crippen molar-refractivity contribution in [2.24, 2.45) is 0 Å². The molecule has 1 heterocycles. The third kappa shape index (κ3) is 1.88. The second-order valence-corrected chi connectivity index (χ2v) is 3.46. The largest absolute Gasteiger partial charge is 0.372 e. The molecule has 0 aliphatic rings. The third-order valence-corrected chi connectivity index (χ3v) is 2.43. The molecular weight excluding hydrogens is 208 g/mol. The van der Waals surface area contributed by atoms with Crippen LogP contribution in [-0.2, 0) is 0 Å². The second kappa shape index (κ2) is 4.20. The number of halogens is 1. The van der Waals surface area contributed by atoms with Crippen molar-refractivity contribution in [1.29, 1.82) is 0 Å². The maximum atomic E-state index is 6.05. The van der Waals surface area contributed by atoms with Crippen LogP contribution >= 0.6 is 11.6 Å². The Bertz CT molecular complexity index is 529. The van der Waals surface area contributed by atoms with Gasteiger partial charge in [-0.1, -0.05) is 17.5 Å². The lowest BCUT2D eigenvalue weighted by atomic mass is 10.2. The molecule has 0 aliphatic carbocycles. The molecule has 0 amide bonds. The number of benzene rings is 1. The van der Waals surface area contributed by atoms with Gasteiger partial charge in [0.15, 0.2) is 0 Å². The highest BCUT2D eigenvalue weighted by Gasteiger charge is 2.03. The highest BCUT2D eigenvalue weighted by Crippen LogP contribution is 2.27. The molecule has 0 fully saturated rings. The van der Waals surface area contributed by atoms with Crippen molar-refractivity contribution in [1.82, 2.24) is 4.98 Å². The smallest absolute Gasteiger partial charge is 0.0948 e. The van der Waals surface area contributed by atoms with Crippen LogP contribution in [0.1, 0.15) is 0 Å². The molecule has 3 heteroatoms. The summed E-state index contributed by atoms with van der Waals surface area (Å²) in [5, 5.41) is 4.74. The fraction of sp³-hybridized carbons (Fsp3) is 0.0833. The van der Waals surface area contributed by atoms with Crippen molar-refractivity contribution in [3.8, 4) is 12.3 Å². The van der Waals surface area contributed by atoms with Crippen molar-refractivity contribution in [2.75, 3.05) is 11.9 Å². The third-order valence-electron chi connectivity index (χ3n) is 2.10. The van der Waals surface area contributed by atoms with E-state index in [4.69, 9.17) is 18.0 Å². The van der Waals surface area contributed by atoms with Crippen LogP contribution in [0.4, 0.5) is 5.69 Å². The van der Waals surface area contributed by atoms with Gasteiger partial charge in [-0.25, -0.2) is 0 Å². The molecule has 1 aromatic carbocycles. The van der Waals surface area contributed by atoms with Crippen LogP contribution < -0.4 is 5.32 Å². The van der Waals surface area contributed by atoms with E-state index in [1.165, 1.54) is 0 Å². The molecule has 0 saturated heterocycles. The lowest BCUT2D eigenvalue weighted by Crippen LogP contribution is -1.99. The lowest BCUT2D eigenvalue weighted by Gasteiger charge is -2.07. The molecule has 0 bridgehead atoms. The number of pyridine rings is 1. The minimum Gasteiger partial charge on any atom is -0.372 e. The van der Waals surface area contributed by atoms with E-state index in [0.29, 0.717) is 11.6 Å². The normalized spacial score (nSPS) is 9.87. The number of hydrogen-bond acceptors (Lipinski definition) is 2. The van der Waals surface area contributed by atoms with Gasteiger partial charge >= 0.3 is 0 Å². The van der Waals surface area contributed by atoms with Gasteiger partial charge < -0.3 is 5.32 Å². The van der Waals surface area contributed by atoms with Gasteiger partial charge in [-0.05, 0) is 24.3 Å². The number of nitrogens with one attached hydrogen (secondary N) is 1. The highest BCUT2D eigenvalue weighted by molar-refractivity contribution is 6.35. The number of terminal acetylenes is 1. The predicted octanol–water partition coefficient (Wildman–Crippen LogP) is 2.93. The molecular formula is C12H9ClN2. The first-order chi connectivity index (χ1) is 7.33. The van der Waals surface area contributed by atoms with Crippen molar-refractivity contribution in [2.45, 2.75) is 0 Å². The Morgan fingerprint density at radius 1 is 1.40 bits per heavy atom. The molecule has 0 atom stereocenters. The second-order valence-electron chi connectivity index (χ2n) is 3.05. The maximum Gasteiger partial charge on any atom is 0.0948 e. The zero-order valence-corrected chi connectivity index (χ0v) is 8.75. The molecule has 1 N–H and O–H groups in total. The Hall–Kier alpha value is -1.72. The van der Waals surface area contributed by atoms with E-state index in [2.05, 4.69) is 16.2 Å². The molecule has 15 heavy (non-hydrogen) atoms. The summed E-state index contributed by atoms with van der Waals surface area (Å²) < 4.78 is 0. The maximum absolute atomic E-state index is 6.05. The van der Waals surface area contributed by atoms with E-state index in [1.54, 1.807) is 6.20 Å². The quantitative estimate of drug-likeness (QED) is 0.781. The summed E-state index contributed by atoms with van der Waals surface area (Å²) in [6.07, 6.45) is 6.93. The molecule has 2 aromatic rings. The minimum atomic E-state index is 0.479. The number of fused-ring (bicyclic) bond motifs is 1. The highest BCUT2D eigenvalue weighted by atomic mass is 35.5. The van der Waals surface area contributed by atoms with E-state index in [-0.39, 0.29) is 0 Å². The molecule has 74 valence electrons. The zero-order chi connectivity index (χ0) is 10.7. The molecule has 2 rings (SSSR count). The topological polar surface area (TPSA) is 24.9 Å². The van der Waals surface area contributed by atoms with E-state index in [0.717, 1.165) is 16.6 Å². The van der Waals surface area contributed by atoms with Crippen molar-refractivity contribution < 1.29 is 0 Å². The van der Waals surface area contributed by atoms with Gasteiger partial charge in [-0.3, -0.25) is 4.98 Å². The molecule has 0 spiro atoms. The average molecular weight is 217 g/mol. The Morgan fingerprint density at radius 2 is 2.27 bits per heavy atom. The first kappa shape index (κ1) is 9.82. The van der Waals surface area contributed by atoms with Crippen LogP contribution in [0.15, 0.2) is 30.5 Å². The predicted molar refractivity (Wildman–Crippen MR) is 64.1 cm³/mol. The summed E-state index contributed by atoms with van der Waals surface area (Å²) in [4.78, 5) is 4.28.